The van der Waals surface area contributed by atoms with Crippen molar-refractivity contribution >= 4 is 12.6 Å². The molecule has 8 unspecified atom stereocenters. The monoisotopic (exact) mass is 322 g/mol. The lowest BCUT2D eigenvalue weighted by atomic mass is 9.38. The van der Waals surface area contributed by atoms with Crippen LogP contribution in [0.2, 0.25) is 0 Å². The van der Waals surface area contributed by atoms with Crippen molar-refractivity contribution in [3.05, 3.63) is 0 Å². The van der Waals surface area contributed by atoms with Gasteiger partial charge in [-0.2, -0.15) is 12.6 Å². The molecule has 3 aliphatic rings. The average Bonchev–Trinajstić information content (AvgIpc) is 2.44. The van der Waals surface area contributed by atoms with Gasteiger partial charge >= 0.3 is 0 Å². The Bertz CT molecular complexity index is 401. The van der Waals surface area contributed by atoms with Crippen molar-refractivity contribution in [3.8, 4) is 0 Å². The number of fused-ring (bicyclic) bond motifs is 3. The van der Waals surface area contributed by atoms with Crippen LogP contribution in [0.1, 0.15) is 79.6 Å². The summed E-state index contributed by atoms with van der Waals surface area (Å²) < 4.78 is 0. The number of hydrogen-bond acceptors (Lipinski definition) is 1. The zero-order valence-corrected chi connectivity index (χ0v) is 16.5. The number of thiol groups is 1. The van der Waals surface area contributed by atoms with Crippen molar-refractivity contribution < 1.29 is 0 Å². The Morgan fingerprint density at radius 3 is 2.36 bits per heavy atom. The summed E-state index contributed by atoms with van der Waals surface area (Å²) in [6.07, 6.45) is 10.3. The molecule has 0 nitrogen and oxygen atoms in total. The maximum absolute atomic E-state index is 4.74. The lowest BCUT2D eigenvalue weighted by Crippen LogP contribution is -2.60. The highest BCUT2D eigenvalue weighted by molar-refractivity contribution is 7.80. The maximum atomic E-state index is 4.74. The van der Waals surface area contributed by atoms with Crippen molar-refractivity contribution in [2.75, 3.05) is 5.75 Å². The van der Waals surface area contributed by atoms with E-state index in [9.17, 15) is 0 Å². The summed E-state index contributed by atoms with van der Waals surface area (Å²) in [6, 6.07) is 0. The molecule has 0 heterocycles. The minimum atomic E-state index is 0.597. The zero-order valence-electron chi connectivity index (χ0n) is 15.6. The van der Waals surface area contributed by atoms with E-state index in [2.05, 4.69) is 34.6 Å². The zero-order chi connectivity index (χ0) is 16.1. The van der Waals surface area contributed by atoms with Crippen LogP contribution >= 0.6 is 12.6 Å². The fraction of sp³-hybridized carbons (Fsp3) is 1.00. The van der Waals surface area contributed by atoms with E-state index >= 15 is 0 Å². The predicted octanol–water partition coefficient (Wildman–Crippen LogP) is 6.46. The highest BCUT2D eigenvalue weighted by atomic mass is 32.1. The first-order chi connectivity index (χ1) is 10.4. The Morgan fingerprint density at radius 2 is 1.68 bits per heavy atom. The SMILES string of the molecule is CC1CC2(CCS)C(C(C)CC3(C)CCCCC32)C(C)C1C. The van der Waals surface area contributed by atoms with Crippen LogP contribution in [0.15, 0.2) is 0 Å². The van der Waals surface area contributed by atoms with Gasteiger partial charge in [-0.05, 0) is 84.2 Å². The standard InChI is InChI=1S/C21H38S/c1-14-13-21(10-11-22)18-8-6-7-9-20(18,5)12-15(2)19(21)17(4)16(14)3/h14-19,22H,6-13H2,1-5H3. The highest BCUT2D eigenvalue weighted by Crippen LogP contribution is 2.69. The molecule has 3 fully saturated rings. The van der Waals surface area contributed by atoms with E-state index in [1.165, 1.54) is 44.9 Å². The van der Waals surface area contributed by atoms with E-state index in [1.807, 2.05) is 0 Å². The maximum Gasteiger partial charge on any atom is -0.00924 e. The quantitative estimate of drug-likeness (QED) is 0.554. The second-order valence-electron chi connectivity index (χ2n) is 9.77. The van der Waals surface area contributed by atoms with E-state index in [-0.39, 0.29) is 0 Å². The van der Waals surface area contributed by atoms with Gasteiger partial charge in [0.2, 0.25) is 0 Å². The lowest BCUT2D eigenvalue weighted by Gasteiger charge is -2.67. The van der Waals surface area contributed by atoms with Crippen LogP contribution in [-0.2, 0) is 0 Å². The second kappa shape index (κ2) is 6.01. The molecule has 8 atom stereocenters. The third kappa shape index (κ3) is 2.40. The third-order valence-electron chi connectivity index (χ3n) is 8.66. The Kier molecular flexibility index (Phi) is 4.70. The largest absolute Gasteiger partial charge is 0.179 e. The first-order valence-electron chi connectivity index (χ1n) is 9.96. The van der Waals surface area contributed by atoms with Gasteiger partial charge in [-0.3, -0.25) is 0 Å². The molecule has 0 aliphatic heterocycles. The van der Waals surface area contributed by atoms with E-state index in [0.29, 0.717) is 10.8 Å². The van der Waals surface area contributed by atoms with Gasteiger partial charge in [-0.15, -0.1) is 0 Å². The predicted molar refractivity (Wildman–Crippen MR) is 100 cm³/mol. The van der Waals surface area contributed by atoms with Crippen LogP contribution in [-0.4, -0.2) is 5.75 Å². The number of hydrogen-bond donors (Lipinski definition) is 1. The summed E-state index contributed by atoms with van der Waals surface area (Å²) in [4.78, 5) is 0. The summed E-state index contributed by atoms with van der Waals surface area (Å²) in [5.41, 5.74) is 1.22. The van der Waals surface area contributed by atoms with Crippen LogP contribution in [0.25, 0.3) is 0 Å². The average molecular weight is 323 g/mol. The third-order valence-corrected chi connectivity index (χ3v) is 8.89. The molecule has 1 heteroatoms. The summed E-state index contributed by atoms with van der Waals surface area (Å²) in [6.45, 7) is 12.9. The Morgan fingerprint density at radius 1 is 0.955 bits per heavy atom. The van der Waals surface area contributed by atoms with Gasteiger partial charge in [0.1, 0.15) is 0 Å². The minimum Gasteiger partial charge on any atom is -0.179 e. The number of rotatable bonds is 2. The Hall–Kier alpha value is 0.350. The molecule has 0 radical (unpaired) electrons. The van der Waals surface area contributed by atoms with Crippen LogP contribution in [0.3, 0.4) is 0 Å². The van der Waals surface area contributed by atoms with E-state index in [4.69, 9.17) is 12.6 Å². The van der Waals surface area contributed by atoms with E-state index in [0.717, 1.165) is 41.3 Å². The molecule has 3 rings (SSSR count). The molecule has 3 saturated carbocycles. The van der Waals surface area contributed by atoms with Crippen LogP contribution < -0.4 is 0 Å². The minimum absolute atomic E-state index is 0.597. The molecule has 128 valence electrons. The first-order valence-corrected chi connectivity index (χ1v) is 10.6. The van der Waals surface area contributed by atoms with Crippen molar-refractivity contribution in [2.24, 2.45) is 46.3 Å². The topological polar surface area (TPSA) is 0 Å². The normalized spacial score (nSPS) is 55.4. The fourth-order valence-electron chi connectivity index (χ4n) is 7.89. The summed E-state index contributed by atoms with van der Waals surface area (Å²) in [5, 5.41) is 0. The van der Waals surface area contributed by atoms with Gasteiger partial charge in [-0.1, -0.05) is 47.5 Å². The molecule has 0 amide bonds. The Balaban J connectivity index is 2.06. The van der Waals surface area contributed by atoms with Gasteiger partial charge in [0.15, 0.2) is 0 Å². The van der Waals surface area contributed by atoms with Gasteiger partial charge in [-0.25, -0.2) is 0 Å². The summed E-state index contributed by atoms with van der Waals surface area (Å²) in [5.74, 6) is 6.59. The smallest absolute Gasteiger partial charge is 0.00924 e. The van der Waals surface area contributed by atoms with Crippen molar-refractivity contribution in [1.82, 2.24) is 0 Å². The first kappa shape index (κ1) is 17.2. The second-order valence-corrected chi connectivity index (χ2v) is 10.2. The van der Waals surface area contributed by atoms with Crippen LogP contribution in [0, 0.1) is 46.3 Å². The lowest BCUT2D eigenvalue weighted by molar-refractivity contribution is -0.179. The molecule has 0 spiro atoms. The molecule has 0 saturated heterocycles. The molecule has 0 aromatic heterocycles. The highest BCUT2D eigenvalue weighted by Gasteiger charge is 2.61. The Labute approximate surface area is 144 Å². The van der Waals surface area contributed by atoms with Gasteiger partial charge < -0.3 is 0 Å². The van der Waals surface area contributed by atoms with Gasteiger partial charge in [0.25, 0.3) is 0 Å². The molecule has 0 aromatic carbocycles. The molecule has 0 N–H and O–H groups in total. The van der Waals surface area contributed by atoms with Crippen molar-refractivity contribution in [3.63, 3.8) is 0 Å². The van der Waals surface area contributed by atoms with Crippen molar-refractivity contribution in [2.45, 2.75) is 79.6 Å². The van der Waals surface area contributed by atoms with Gasteiger partial charge in [0.05, 0.1) is 0 Å². The molecule has 0 bridgehead atoms. The van der Waals surface area contributed by atoms with Gasteiger partial charge in [0, 0.05) is 0 Å². The fourth-order valence-corrected chi connectivity index (χ4v) is 8.31. The van der Waals surface area contributed by atoms with E-state index in [1.54, 1.807) is 0 Å². The molecule has 0 aromatic rings. The van der Waals surface area contributed by atoms with Crippen LogP contribution in [0.4, 0.5) is 0 Å². The van der Waals surface area contributed by atoms with Crippen LogP contribution in [0.5, 0.6) is 0 Å². The van der Waals surface area contributed by atoms with E-state index < -0.39 is 0 Å². The summed E-state index contributed by atoms with van der Waals surface area (Å²) in [7, 11) is 0. The molecular formula is C21H38S. The van der Waals surface area contributed by atoms with Crippen molar-refractivity contribution in [1.29, 1.82) is 0 Å². The molecule has 3 aliphatic carbocycles. The molecular weight excluding hydrogens is 284 g/mol. The molecule has 22 heavy (non-hydrogen) atoms. The summed E-state index contributed by atoms with van der Waals surface area (Å²) >= 11 is 4.74.